The summed E-state index contributed by atoms with van der Waals surface area (Å²) in [7, 11) is 0. The maximum atomic E-state index is 13.3. The summed E-state index contributed by atoms with van der Waals surface area (Å²) in [6.07, 6.45) is 2.75. The molecule has 2 rings (SSSR count). The zero-order valence-electron chi connectivity index (χ0n) is 14.3. The van der Waals surface area contributed by atoms with Gasteiger partial charge in [0.2, 0.25) is 5.91 Å². The lowest BCUT2D eigenvalue weighted by molar-refractivity contribution is 0.1000. The lowest BCUT2D eigenvalue weighted by Crippen LogP contribution is -2.29. The number of rotatable bonds is 8. The van der Waals surface area contributed by atoms with E-state index in [9.17, 15) is 9.18 Å². The summed E-state index contributed by atoms with van der Waals surface area (Å²) in [5.74, 6) is -0.546. The zero-order chi connectivity index (χ0) is 17.5. The third-order valence-corrected chi connectivity index (χ3v) is 4.11. The number of primary amides is 1. The number of aryl methyl sites for hydroxylation is 2. The van der Waals surface area contributed by atoms with Crippen molar-refractivity contribution in [2.24, 2.45) is 5.73 Å². The molecule has 0 aliphatic rings. The molecule has 0 saturated heterocycles. The van der Waals surface area contributed by atoms with Gasteiger partial charge in [0.15, 0.2) is 0 Å². The van der Waals surface area contributed by atoms with Crippen LogP contribution in [0, 0.1) is 12.7 Å². The van der Waals surface area contributed by atoms with Gasteiger partial charge in [-0.2, -0.15) is 0 Å². The fourth-order valence-corrected chi connectivity index (χ4v) is 2.78. The van der Waals surface area contributed by atoms with Crippen LogP contribution in [0.5, 0.6) is 0 Å². The Hall–Kier alpha value is -2.20. The van der Waals surface area contributed by atoms with E-state index in [-0.39, 0.29) is 5.82 Å². The van der Waals surface area contributed by atoms with Gasteiger partial charge in [0, 0.05) is 11.6 Å². The van der Waals surface area contributed by atoms with Crippen LogP contribution >= 0.6 is 0 Å². The first kappa shape index (κ1) is 18.1. The van der Waals surface area contributed by atoms with Crippen LogP contribution in [0.25, 0.3) is 0 Å². The molecule has 1 amide bonds. The quantitative estimate of drug-likeness (QED) is 0.730. The van der Waals surface area contributed by atoms with E-state index in [1.807, 2.05) is 30.3 Å². The van der Waals surface area contributed by atoms with Crippen molar-refractivity contribution in [2.75, 3.05) is 6.54 Å². The number of benzene rings is 2. The Balaban J connectivity index is 1.74. The molecule has 1 atom stereocenters. The molecule has 0 aliphatic carbocycles. The van der Waals surface area contributed by atoms with E-state index in [0.717, 1.165) is 36.9 Å². The number of hydrogen-bond acceptors (Lipinski definition) is 2. The number of nitrogens with two attached hydrogens (primary N) is 1. The van der Waals surface area contributed by atoms with E-state index in [2.05, 4.69) is 12.2 Å². The van der Waals surface area contributed by atoms with Crippen molar-refractivity contribution in [1.29, 1.82) is 0 Å². The molecule has 2 aromatic carbocycles. The van der Waals surface area contributed by atoms with Gasteiger partial charge in [-0.05, 0) is 74.5 Å². The van der Waals surface area contributed by atoms with Crippen LogP contribution in [0.4, 0.5) is 4.39 Å². The van der Waals surface area contributed by atoms with Crippen LogP contribution in [0.3, 0.4) is 0 Å². The molecule has 3 nitrogen and oxygen atoms in total. The number of carbonyl (C=O) groups excluding carboxylic acids is 1. The van der Waals surface area contributed by atoms with Crippen molar-refractivity contribution < 1.29 is 9.18 Å². The van der Waals surface area contributed by atoms with Crippen LogP contribution in [0.15, 0.2) is 42.5 Å². The molecule has 0 bridgehead atoms. The SMILES string of the molecule is Cc1cc(CC(C)NCCCc2cccc(C(N)=O)c2)ccc1F. The lowest BCUT2D eigenvalue weighted by atomic mass is 10.0. The topological polar surface area (TPSA) is 55.1 Å². The second-order valence-corrected chi connectivity index (χ2v) is 6.31. The second kappa shape index (κ2) is 8.60. The monoisotopic (exact) mass is 328 g/mol. The molecule has 3 N–H and O–H groups in total. The third kappa shape index (κ3) is 5.46. The Morgan fingerprint density at radius 1 is 1.21 bits per heavy atom. The van der Waals surface area contributed by atoms with E-state index >= 15 is 0 Å². The molecule has 0 spiro atoms. The predicted octanol–water partition coefficient (Wildman–Crippen LogP) is 3.39. The van der Waals surface area contributed by atoms with Gasteiger partial charge in [-0.1, -0.05) is 24.3 Å². The second-order valence-electron chi connectivity index (χ2n) is 6.31. The van der Waals surface area contributed by atoms with Crippen molar-refractivity contribution in [3.05, 3.63) is 70.5 Å². The van der Waals surface area contributed by atoms with Gasteiger partial charge in [-0.3, -0.25) is 4.79 Å². The highest BCUT2D eigenvalue weighted by Crippen LogP contribution is 2.11. The Kier molecular flexibility index (Phi) is 6.50. The Morgan fingerprint density at radius 3 is 2.71 bits per heavy atom. The number of halogens is 1. The van der Waals surface area contributed by atoms with E-state index in [1.165, 1.54) is 6.07 Å². The van der Waals surface area contributed by atoms with Gasteiger partial charge in [-0.25, -0.2) is 4.39 Å². The smallest absolute Gasteiger partial charge is 0.248 e. The first-order chi connectivity index (χ1) is 11.5. The maximum Gasteiger partial charge on any atom is 0.248 e. The summed E-state index contributed by atoms with van der Waals surface area (Å²) in [5.41, 5.74) is 8.80. The molecular formula is C20H25FN2O. The molecule has 0 saturated carbocycles. The average Bonchev–Trinajstić information content (AvgIpc) is 2.55. The molecule has 1 unspecified atom stereocenters. The molecule has 4 heteroatoms. The van der Waals surface area contributed by atoms with Gasteiger partial charge in [0.1, 0.15) is 5.82 Å². The van der Waals surface area contributed by atoms with Gasteiger partial charge >= 0.3 is 0 Å². The maximum absolute atomic E-state index is 13.3. The zero-order valence-corrected chi connectivity index (χ0v) is 14.3. The molecule has 0 aromatic heterocycles. The molecule has 0 radical (unpaired) electrons. The van der Waals surface area contributed by atoms with Crippen LogP contribution < -0.4 is 11.1 Å². The van der Waals surface area contributed by atoms with Gasteiger partial charge in [0.25, 0.3) is 0 Å². The molecule has 128 valence electrons. The minimum atomic E-state index is -0.391. The van der Waals surface area contributed by atoms with Crippen molar-refractivity contribution in [3.63, 3.8) is 0 Å². The molecule has 0 fully saturated rings. The van der Waals surface area contributed by atoms with Gasteiger partial charge < -0.3 is 11.1 Å². The largest absolute Gasteiger partial charge is 0.366 e. The summed E-state index contributed by atoms with van der Waals surface area (Å²) in [5, 5.41) is 3.49. The first-order valence-electron chi connectivity index (χ1n) is 8.33. The predicted molar refractivity (Wildman–Crippen MR) is 95.6 cm³/mol. The highest BCUT2D eigenvalue weighted by atomic mass is 19.1. The standard InChI is InChI=1S/C20H25FN2O/c1-14-11-17(8-9-19(14)21)12-15(2)23-10-4-6-16-5-3-7-18(13-16)20(22)24/h3,5,7-9,11,13,15,23H,4,6,10,12H2,1-2H3,(H2,22,24). The molecule has 2 aromatic rings. The van der Waals surface area contributed by atoms with Crippen LogP contribution in [0.1, 0.15) is 40.4 Å². The van der Waals surface area contributed by atoms with E-state index in [4.69, 9.17) is 5.73 Å². The van der Waals surface area contributed by atoms with Gasteiger partial charge in [-0.15, -0.1) is 0 Å². The van der Waals surface area contributed by atoms with Crippen LogP contribution in [0.2, 0.25) is 0 Å². The molecule has 0 aliphatic heterocycles. The fourth-order valence-electron chi connectivity index (χ4n) is 2.78. The Morgan fingerprint density at radius 2 is 2.00 bits per heavy atom. The van der Waals surface area contributed by atoms with Crippen molar-refractivity contribution in [3.8, 4) is 0 Å². The summed E-state index contributed by atoms with van der Waals surface area (Å²) in [6, 6.07) is 13.1. The van der Waals surface area contributed by atoms with Crippen LogP contribution in [-0.2, 0) is 12.8 Å². The van der Waals surface area contributed by atoms with E-state index in [0.29, 0.717) is 17.2 Å². The Bertz CT molecular complexity index is 700. The van der Waals surface area contributed by atoms with Gasteiger partial charge in [0.05, 0.1) is 0 Å². The third-order valence-electron chi connectivity index (χ3n) is 4.11. The molecular weight excluding hydrogens is 303 g/mol. The molecule has 0 heterocycles. The van der Waals surface area contributed by atoms with E-state index < -0.39 is 5.91 Å². The van der Waals surface area contributed by atoms with Crippen molar-refractivity contribution in [2.45, 2.75) is 39.2 Å². The number of amides is 1. The minimum absolute atomic E-state index is 0.155. The number of nitrogens with one attached hydrogen (secondary N) is 1. The highest BCUT2D eigenvalue weighted by Gasteiger charge is 2.06. The summed E-state index contributed by atoms with van der Waals surface area (Å²) in [4.78, 5) is 11.2. The number of carbonyl (C=O) groups is 1. The minimum Gasteiger partial charge on any atom is -0.366 e. The summed E-state index contributed by atoms with van der Waals surface area (Å²) < 4.78 is 13.3. The summed E-state index contributed by atoms with van der Waals surface area (Å²) >= 11 is 0. The first-order valence-corrected chi connectivity index (χ1v) is 8.33. The number of hydrogen-bond donors (Lipinski definition) is 2. The van der Waals surface area contributed by atoms with E-state index in [1.54, 1.807) is 13.0 Å². The normalized spacial score (nSPS) is 12.1. The van der Waals surface area contributed by atoms with Crippen molar-refractivity contribution >= 4 is 5.91 Å². The van der Waals surface area contributed by atoms with Crippen LogP contribution in [-0.4, -0.2) is 18.5 Å². The highest BCUT2D eigenvalue weighted by molar-refractivity contribution is 5.92. The average molecular weight is 328 g/mol. The molecule has 24 heavy (non-hydrogen) atoms. The summed E-state index contributed by atoms with van der Waals surface area (Å²) in [6.45, 7) is 4.81. The Labute approximate surface area is 143 Å². The van der Waals surface area contributed by atoms with Crippen molar-refractivity contribution in [1.82, 2.24) is 5.32 Å². The fraction of sp³-hybridized carbons (Fsp3) is 0.350. The lowest BCUT2D eigenvalue weighted by Gasteiger charge is -2.14.